The third-order valence-electron chi connectivity index (χ3n) is 4.73. The third kappa shape index (κ3) is 2.70. The topological polar surface area (TPSA) is 6.48 Å². The fourth-order valence-corrected chi connectivity index (χ4v) is 3.76. The first-order valence-corrected chi connectivity index (χ1v) is 8.85. The number of hydrogen-bond donors (Lipinski definition) is 0. The van der Waals surface area contributed by atoms with E-state index in [9.17, 15) is 0 Å². The van der Waals surface area contributed by atoms with Crippen molar-refractivity contribution in [2.24, 2.45) is 0 Å². The Bertz CT molecular complexity index is 789. The lowest BCUT2D eigenvalue weighted by atomic mass is 9.50. The predicted octanol–water partition coefficient (Wildman–Crippen LogP) is 6.26. The Kier molecular flexibility index (Phi) is 3.80. The van der Waals surface area contributed by atoms with Crippen molar-refractivity contribution in [1.82, 2.24) is 0 Å². The van der Waals surface area contributed by atoms with Crippen molar-refractivity contribution in [3.05, 3.63) is 84.9 Å². The van der Waals surface area contributed by atoms with Crippen LogP contribution < -0.4 is 9.62 Å². The highest BCUT2D eigenvalue weighted by atomic mass is 15.3. The van der Waals surface area contributed by atoms with Crippen LogP contribution in [0.2, 0.25) is 5.31 Å². The van der Waals surface area contributed by atoms with Gasteiger partial charge in [0, 0.05) is 11.4 Å². The van der Waals surface area contributed by atoms with Crippen molar-refractivity contribution >= 4 is 29.7 Å². The molecule has 124 valence electrons. The molecule has 0 spiro atoms. The predicted molar refractivity (Wildman–Crippen MR) is 109 cm³/mol. The van der Waals surface area contributed by atoms with E-state index in [1.165, 1.54) is 22.7 Å². The molecule has 1 aliphatic rings. The van der Waals surface area contributed by atoms with Crippen molar-refractivity contribution in [3.63, 3.8) is 0 Å². The zero-order valence-electron chi connectivity index (χ0n) is 15.1. The Hall–Kier alpha value is -2.68. The van der Waals surface area contributed by atoms with E-state index in [1.807, 2.05) is 0 Å². The first-order valence-electron chi connectivity index (χ1n) is 8.85. The molecule has 0 radical (unpaired) electrons. The van der Waals surface area contributed by atoms with Crippen LogP contribution in [0.25, 0.3) is 0 Å². The Labute approximate surface area is 150 Å². The minimum atomic E-state index is 0.0602. The van der Waals surface area contributed by atoms with Crippen LogP contribution in [0.3, 0.4) is 0 Å². The summed E-state index contributed by atoms with van der Waals surface area (Å²) < 4.78 is 0. The van der Waals surface area contributed by atoms with Crippen LogP contribution in [0, 0.1) is 0 Å². The van der Waals surface area contributed by atoms with Gasteiger partial charge in [-0.25, -0.2) is 0 Å². The van der Waals surface area contributed by atoms with Gasteiger partial charge in [0.25, 0.3) is 0 Å². The van der Waals surface area contributed by atoms with Gasteiger partial charge in [0.05, 0.1) is 11.4 Å². The minimum absolute atomic E-state index is 0.0602. The summed E-state index contributed by atoms with van der Waals surface area (Å²) in [6.07, 6.45) is 0. The molecule has 3 heteroatoms. The highest BCUT2D eigenvalue weighted by molar-refractivity contribution is 6.75. The molecule has 4 rings (SSSR count). The first-order chi connectivity index (χ1) is 12.1. The van der Waals surface area contributed by atoms with Crippen molar-refractivity contribution in [2.75, 3.05) is 9.62 Å². The molecule has 0 bridgehead atoms. The lowest BCUT2D eigenvalue weighted by molar-refractivity contribution is 0.730. The second-order valence-corrected chi connectivity index (χ2v) is 7.64. The van der Waals surface area contributed by atoms with Gasteiger partial charge < -0.3 is 9.62 Å². The number of nitrogens with zero attached hydrogens (tertiary/aromatic N) is 2. The first kappa shape index (κ1) is 15.8. The van der Waals surface area contributed by atoms with Gasteiger partial charge in [0.1, 0.15) is 0 Å². The number of hydrogen-bond acceptors (Lipinski definition) is 2. The molecular weight excluding hydrogens is 303 g/mol. The van der Waals surface area contributed by atoms with E-state index in [0.717, 1.165) is 0 Å². The molecule has 3 aromatic carbocycles. The summed E-state index contributed by atoms with van der Waals surface area (Å²) in [5, 5.41) is 0.0602. The van der Waals surface area contributed by atoms with Crippen LogP contribution >= 0.6 is 0 Å². The minimum Gasteiger partial charge on any atom is -0.364 e. The lowest BCUT2D eigenvalue weighted by Gasteiger charge is -2.38. The number of rotatable bonds is 2. The maximum atomic E-state index is 2.47. The van der Waals surface area contributed by atoms with Gasteiger partial charge in [0.2, 0.25) is 0 Å². The molecule has 0 saturated heterocycles. The number of anilines is 4. The largest absolute Gasteiger partial charge is 0.390 e. The summed E-state index contributed by atoms with van der Waals surface area (Å²) in [4.78, 5) is 4.95. The zero-order valence-corrected chi connectivity index (χ0v) is 15.1. The molecule has 0 fully saturated rings. The van der Waals surface area contributed by atoms with Gasteiger partial charge in [-0.15, -0.1) is 0 Å². The molecule has 1 aliphatic heterocycles. The molecule has 0 unspecified atom stereocenters. The Morgan fingerprint density at radius 2 is 0.920 bits per heavy atom. The quantitative estimate of drug-likeness (QED) is 0.512. The molecule has 0 aromatic heterocycles. The van der Waals surface area contributed by atoms with Gasteiger partial charge in [-0.1, -0.05) is 69.3 Å². The fraction of sp³-hybridized carbons (Fsp3) is 0.182. The molecule has 25 heavy (non-hydrogen) atoms. The van der Waals surface area contributed by atoms with Gasteiger partial charge in [-0.05, 0) is 41.7 Å². The Morgan fingerprint density at radius 3 is 1.28 bits per heavy atom. The van der Waals surface area contributed by atoms with E-state index in [-0.39, 0.29) is 12.3 Å². The van der Waals surface area contributed by atoms with Crippen molar-refractivity contribution in [3.8, 4) is 0 Å². The molecule has 0 N–H and O–H groups in total. The summed E-state index contributed by atoms with van der Waals surface area (Å²) in [5.74, 6) is 0. The lowest BCUT2D eigenvalue weighted by Crippen LogP contribution is -2.50. The molecule has 0 amide bonds. The van der Waals surface area contributed by atoms with E-state index >= 15 is 0 Å². The molecule has 0 saturated carbocycles. The number of fused-ring (bicyclic) bond motifs is 1. The average Bonchev–Trinajstić information content (AvgIpc) is 2.99. The van der Waals surface area contributed by atoms with Crippen LogP contribution in [0.1, 0.15) is 20.8 Å². The van der Waals surface area contributed by atoms with Gasteiger partial charge in [-0.3, -0.25) is 0 Å². The summed E-state index contributed by atoms with van der Waals surface area (Å²) in [7, 11) is 0. The molecule has 1 heterocycles. The average molecular weight is 326 g/mol. The van der Waals surface area contributed by atoms with Crippen LogP contribution in [0.15, 0.2) is 84.9 Å². The van der Waals surface area contributed by atoms with Gasteiger partial charge >= 0.3 is 6.98 Å². The second kappa shape index (κ2) is 6.00. The molecule has 0 atom stereocenters. The smallest absolute Gasteiger partial charge is 0.364 e. The highest BCUT2D eigenvalue weighted by Crippen LogP contribution is 2.51. The van der Waals surface area contributed by atoms with E-state index in [4.69, 9.17) is 0 Å². The number of benzene rings is 3. The molecular formula is C22H23BN2. The molecule has 3 aromatic rings. The highest BCUT2D eigenvalue weighted by Gasteiger charge is 2.48. The van der Waals surface area contributed by atoms with Crippen molar-refractivity contribution in [1.29, 1.82) is 0 Å². The van der Waals surface area contributed by atoms with Gasteiger partial charge in [-0.2, -0.15) is 0 Å². The maximum absolute atomic E-state index is 2.47. The summed E-state index contributed by atoms with van der Waals surface area (Å²) in [5.41, 5.74) is 4.98. The normalized spacial score (nSPS) is 14.0. The van der Waals surface area contributed by atoms with Crippen molar-refractivity contribution < 1.29 is 0 Å². The summed E-state index contributed by atoms with van der Waals surface area (Å²) in [6.45, 7) is 7.15. The second-order valence-electron chi connectivity index (χ2n) is 7.64. The standard InChI is InChI=1S/C22H23BN2/c1-22(2,3)23-24(18-12-6-4-7-13-18)20-16-10-11-17-21(20)25(23)19-14-8-5-9-15-19/h4-17H,1-3H3. The van der Waals surface area contributed by atoms with E-state index < -0.39 is 0 Å². The molecule has 0 aliphatic carbocycles. The van der Waals surface area contributed by atoms with Crippen LogP contribution in [-0.2, 0) is 0 Å². The monoisotopic (exact) mass is 326 g/mol. The van der Waals surface area contributed by atoms with Crippen LogP contribution in [0.5, 0.6) is 0 Å². The SMILES string of the molecule is CC(C)(C)B1N(c2ccccc2)c2ccccc2N1c1ccccc1. The van der Waals surface area contributed by atoms with Gasteiger partial charge in [0.15, 0.2) is 0 Å². The van der Waals surface area contributed by atoms with Crippen LogP contribution in [0.4, 0.5) is 22.7 Å². The summed E-state index contributed by atoms with van der Waals surface area (Å²) in [6, 6.07) is 30.1. The zero-order chi connectivity index (χ0) is 17.4. The maximum Gasteiger partial charge on any atom is 0.390 e. The Balaban J connectivity index is 1.95. The van der Waals surface area contributed by atoms with E-state index in [0.29, 0.717) is 0 Å². The fourth-order valence-electron chi connectivity index (χ4n) is 3.76. The van der Waals surface area contributed by atoms with E-state index in [2.05, 4.69) is 115 Å². The van der Waals surface area contributed by atoms with Crippen LogP contribution in [-0.4, -0.2) is 6.98 Å². The summed E-state index contributed by atoms with van der Waals surface area (Å²) >= 11 is 0. The molecule has 2 nitrogen and oxygen atoms in total. The Morgan fingerprint density at radius 1 is 0.560 bits per heavy atom. The van der Waals surface area contributed by atoms with Crippen molar-refractivity contribution in [2.45, 2.75) is 26.1 Å². The van der Waals surface area contributed by atoms with E-state index in [1.54, 1.807) is 0 Å². The third-order valence-corrected chi connectivity index (χ3v) is 4.73. The number of para-hydroxylation sites is 4.